The Morgan fingerprint density at radius 1 is 0.469 bits per heavy atom. The molecule has 0 atom stereocenters. The van der Waals surface area contributed by atoms with E-state index in [2.05, 4.69) is 0 Å². The van der Waals surface area contributed by atoms with Crippen LogP contribution >= 0.6 is 0 Å². The first-order chi connectivity index (χ1) is 15.5. The maximum Gasteiger partial charge on any atom is 0.297 e. The molecule has 0 fully saturated rings. The molecule has 0 heterocycles. The van der Waals surface area contributed by atoms with E-state index in [9.17, 15) is 4.80 Å². The maximum absolute atomic E-state index is 12.8. The number of hydrogen-bond acceptors (Lipinski definition) is 7. The average molecular weight is 457 g/mol. The number of hydrogen-bond donors (Lipinski definition) is 1. The van der Waals surface area contributed by atoms with E-state index < -0.39 is 8.32 Å². The highest BCUT2D eigenvalue weighted by Crippen LogP contribution is 2.33. The zero-order chi connectivity index (χ0) is 23.3. The molecular weight excluding hydrogens is 428 g/mol. The van der Waals surface area contributed by atoms with E-state index >= 15 is 0 Å². The standard InChI is InChI=1S/C24H28O7Si/c1-26-16-10-7-13-19(22(16)29-4)32(25,20-14-8-11-17(27-2)23(20)30-5)21-15-9-12-18(28-3)24(21)31-6/h7-15,25H,1-6H3. The summed E-state index contributed by atoms with van der Waals surface area (Å²) in [5.74, 6) is 2.79. The molecule has 0 bridgehead atoms. The van der Waals surface area contributed by atoms with Gasteiger partial charge in [-0.2, -0.15) is 0 Å². The van der Waals surface area contributed by atoms with E-state index in [-0.39, 0.29) is 0 Å². The third kappa shape index (κ3) is 3.72. The summed E-state index contributed by atoms with van der Waals surface area (Å²) in [5.41, 5.74) is 0. The van der Waals surface area contributed by atoms with Gasteiger partial charge in [-0.25, -0.2) is 0 Å². The minimum absolute atomic E-state index is 0.430. The zero-order valence-electron chi connectivity index (χ0n) is 19.1. The molecule has 0 aromatic heterocycles. The quantitative estimate of drug-likeness (QED) is 0.388. The molecule has 0 aliphatic heterocycles. The van der Waals surface area contributed by atoms with Gasteiger partial charge in [0.15, 0.2) is 34.5 Å². The van der Waals surface area contributed by atoms with Crippen molar-refractivity contribution in [1.29, 1.82) is 0 Å². The van der Waals surface area contributed by atoms with E-state index in [4.69, 9.17) is 28.4 Å². The molecule has 3 aromatic rings. The Kier molecular flexibility index (Phi) is 7.17. The van der Waals surface area contributed by atoms with Gasteiger partial charge in [0.25, 0.3) is 8.32 Å². The molecule has 0 unspecified atom stereocenters. The van der Waals surface area contributed by atoms with Crippen LogP contribution in [0.5, 0.6) is 34.5 Å². The molecule has 1 N–H and O–H groups in total. The molecule has 0 amide bonds. The summed E-state index contributed by atoms with van der Waals surface area (Å²) in [4.78, 5) is 12.8. The number of methoxy groups -OCH3 is 6. The van der Waals surface area contributed by atoms with E-state index in [1.54, 1.807) is 60.9 Å². The van der Waals surface area contributed by atoms with Crippen molar-refractivity contribution in [3.63, 3.8) is 0 Å². The van der Waals surface area contributed by atoms with Crippen LogP contribution in [0.1, 0.15) is 0 Å². The molecule has 32 heavy (non-hydrogen) atoms. The van der Waals surface area contributed by atoms with Gasteiger partial charge in [-0.3, -0.25) is 0 Å². The Labute approximate surface area is 189 Å². The Bertz CT molecular complexity index is 949. The van der Waals surface area contributed by atoms with E-state index in [1.807, 2.05) is 36.4 Å². The minimum atomic E-state index is -3.83. The van der Waals surface area contributed by atoms with Gasteiger partial charge in [0.05, 0.1) is 42.7 Å². The van der Waals surface area contributed by atoms with E-state index in [1.165, 1.54) is 0 Å². The van der Waals surface area contributed by atoms with Crippen molar-refractivity contribution in [2.75, 3.05) is 42.7 Å². The van der Waals surface area contributed by atoms with Crippen LogP contribution in [-0.2, 0) is 0 Å². The monoisotopic (exact) mass is 456 g/mol. The third-order valence-electron chi connectivity index (χ3n) is 5.38. The second-order valence-electron chi connectivity index (χ2n) is 6.83. The van der Waals surface area contributed by atoms with Crippen LogP contribution in [0, 0.1) is 0 Å². The highest BCUT2D eigenvalue weighted by atomic mass is 28.4. The Hall–Kier alpha value is -3.36. The van der Waals surface area contributed by atoms with Crippen LogP contribution in [0.4, 0.5) is 0 Å². The fourth-order valence-corrected chi connectivity index (χ4v) is 7.50. The van der Waals surface area contributed by atoms with Gasteiger partial charge < -0.3 is 33.2 Å². The third-order valence-corrected chi connectivity index (χ3v) is 8.90. The summed E-state index contributed by atoms with van der Waals surface area (Å²) in [6, 6.07) is 16.3. The topological polar surface area (TPSA) is 75.6 Å². The van der Waals surface area contributed by atoms with Crippen molar-refractivity contribution in [1.82, 2.24) is 0 Å². The van der Waals surface area contributed by atoms with Crippen molar-refractivity contribution in [2.24, 2.45) is 0 Å². The normalized spacial score (nSPS) is 11.0. The van der Waals surface area contributed by atoms with E-state index in [0.717, 1.165) is 0 Å². The molecule has 7 nitrogen and oxygen atoms in total. The van der Waals surface area contributed by atoms with Gasteiger partial charge in [-0.15, -0.1) is 0 Å². The van der Waals surface area contributed by atoms with Gasteiger partial charge in [-0.05, 0) is 18.2 Å². The first-order valence-electron chi connectivity index (χ1n) is 9.88. The predicted molar refractivity (Wildman–Crippen MR) is 126 cm³/mol. The van der Waals surface area contributed by atoms with Crippen molar-refractivity contribution in [3.05, 3.63) is 54.6 Å². The lowest BCUT2D eigenvalue weighted by atomic mass is 10.3. The lowest BCUT2D eigenvalue weighted by Gasteiger charge is -2.31. The Morgan fingerprint density at radius 3 is 0.969 bits per heavy atom. The molecular formula is C24H28O7Si. The second kappa shape index (κ2) is 9.84. The van der Waals surface area contributed by atoms with Crippen molar-refractivity contribution in [3.8, 4) is 34.5 Å². The SMILES string of the molecule is COc1cccc([Si](O)(c2cccc(OC)c2OC)c2cccc(OC)c2OC)c1OC. The van der Waals surface area contributed by atoms with Crippen LogP contribution in [0.15, 0.2) is 54.6 Å². The fourth-order valence-electron chi connectivity index (χ4n) is 3.95. The second-order valence-corrected chi connectivity index (χ2v) is 9.87. The highest BCUT2D eigenvalue weighted by molar-refractivity contribution is 7.07. The Morgan fingerprint density at radius 2 is 0.750 bits per heavy atom. The van der Waals surface area contributed by atoms with Gasteiger partial charge in [0.2, 0.25) is 0 Å². The summed E-state index contributed by atoms with van der Waals surface area (Å²) in [7, 11) is 5.47. The van der Waals surface area contributed by atoms with Crippen LogP contribution in [0.2, 0.25) is 0 Å². The summed E-state index contributed by atoms with van der Waals surface area (Å²) in [5, 5.41) is 1.70. The number of para-hydroxylation sites is 3. The average Bonchev–Trinajstić information content (AvgIpc) is 2.86. The largest absolute Gasteiger partial charge is 0.493 e. The van der Waals surface area contributed by atoms with Crippen molar-refractivity contribution in [2.45, 2.75) is 0 Å². The Balaban J connectivity index is 2.51. The summed E-state index contributed by atoms with van der Waals surface area (Å²) in [6.07, 6.45) is 0. The van der Waals surface area contributed by atoms with Crippen molar-refractivity contribution < 1.29 is 33.2 Å². The number of benzene rings is 3. The fraction of sp³-hybridized carbons (Fsp3) is 0.250. The van der Waals surface area contributed by atoms with E-state index in [0.29, 0.717) is 50.1 Å². The lowest BCUT2D eigenvalue weighted by molar-refractivity contribution is 0.353. The molecule has 0 aliphatic carbocycles. The molecule has 3 aromatic carbocycles. The van der Waals surface area contributed by atoms with Crippen LogP contribution in [-0.4, -0.2) is 55.8 Å². The van der Waals surface area contributed by atoms with Crippen LogP contribution in [0.25, 0.3) is 0 Å². The summed E-state index contributed by atoms with van der Waals surface area (Å²) < 4.78 is 33.7. The van der Waals surface area contributed by atoms with Crippen LogP contribution in [0.3, 0.4) is 0 Å². The molecule has 0 radical (unpaired) electrons. The summed E-state index contributed by atoms with van der Waals surface area (Å²) >= 11 is 0. The highest BCUT2D eigenvalue weighted by Gasteiger charge is 2.47. The first-order valence-corrected chi connectivity index (χ1v) is 11.8. The van der Waals surface area contributed by atoms with Gasteiger partial charge >= 0.3 is 0 Å². The maximum atomic E-state index is 12.8. The number of ether oxygens (including phenoxy) is 6. The summed E-state index contributed by atoms with van der Waals surface area (Å²) in [6.45, 7) is 0. The first kappa shape index (κ1) is 23.3. The predicted octanol–water partition coefficient (Wildman–Crippen LogP) is 1.70. The molecule has 3 rings (SSSR count). The molecule has 0 spiro atoms. The molecule has 0 aliphatic rings. The smallest absolute Gasteiger partial charge is 0.297 e. The molecule has 8 heteroatoms. The molecule has 0 saturated heterocycles. The van der Waals surface area contributed by atoms with Crippen molar-refractivity contribution >= 4 is 23.9 Å². The van der Waals surface area contributed by atoms with Gasteiger partial charge in [-0.1, -0.05) is 36.4 Å². The number of rotatable bonds is 9. The lowest BCUT2D eigenvalue weighted by Crippen LogP contribution is -2.68. The minimum Gasteiger partial charge on any atom is -0.493 e. The zero-order valence-corrected chi connectivity index (χ0v) is 20.1. The van der Waals surface area contributed by atoms with Gasteiger partial charge in [0, 0.05) is 15.6 Å². The molecule has 170 valence electrons. The molecule has 0 saturated carbocycles. The van der Waals surface area contributed by atoms with Gasteiger partial charge in [0.1, 0.15) is 0 Å². The van der Waals surface area contributed by atoms with Crippen LogP contribution < -0.4 is 44.0 Å².